The Labute approximate surface area is 65.5 Å². The van der Waals surface area contributed by atoms with E-state index in [1.807, 2.05) is 13.8 Å². The van der Waals surface area contributed by atoms with Crippen LogP contribution in [0.2, 0.25) is 0 Å². The summed E-state index contributed by atoms with van der Waals surface area (Å²) in [5.41, 5.74) is 0. The van der Waals surface area contributed by atoms with Crippen LogP contribution in [-0.4, -0.2) is 5.75 Å². The Balaban J connectivity index is 0. The van der Waals surface area contributed by atoms with Gasteiger partial charge in [0.2, 0.25) is 0 Å². The van der Waals surface area contributed by atoms with Gasteiger partial charge in [-0.1, -0.05) is 34.1 Å². The quantitative estimate of drug-likeness (QED) is 0.583. The van der Waals surface area contributed by atoms with Crippen molar-refractivity contribution in [3.63, 3.8) is 0 Å². The van der Waals surface area contributed by atoms with Crippen molar-refractivity contribution in [2.75, 3.05) is 5.75 Å². The van der Waals surface area contributed by atoms with Gasteiger partial charge in [-0.3, -0.25) is 0 Å². The molecule has 0 aliphatic heterocycles. The largest absolute Gasteiger partial charge is 0.179 e. The lowest BCUT2D eigenvalue weighted by Crippen LogP contribution is -1.90. The summed E-state index contributed by atoms with van der Waals surface area (Å²) in [4.78, 5) is 0. The Morgan fingerprint density at radius 2 is 1.78 bits per heavy atom. The molecule has 0 fully saturated rings. The average molecular weight is 148 g/mol. The second-order valence-electron chi connectivity index (χ2n) is 2.03. The third-order valence-electron chi connectivity index (χ3n) is 1.32. The van der Waals surface area contributed by atoms with Crippen molar-refractivity contribution >= 4 is 12.6 Å². The zero-order chi connectivity index (χ0) is 7.70. The van der Waals surface area contributed by atoms with E-state index in [1.165, 1.54) is 12.8 Å². The van der Waals surface area contributed by atoms with E-state index in [9.17, 15) is 0 Å². The lowest BCUT2D eigenvalue weighted by atomic mass is 10.1. The zero-order valence-electron chi connectivity index (χ0n) is 7.15. The Kier molecular flexibility index (Phi) is 15.0. The number of hydrogen-bond donors (Lipinski definition) is 1. The van der Waals surface area contributed by atoms with Crippen molar-refractivity contribution in [3.8, 4) is 0 Å². The van der Waals surface area contributed by atoms with Gasteiger partial charge in [-0.25, -0.2) is 0 Å². The fourth-order valence-corrected chi connectivity index (χ4v) is 0.865. The molecule has 1 unspecified atom stereocenters. The molecular formula is C8H20S. The van der Waals surface area contributed by atoms with E-state index in [1.54, 1.807) is 0 Å². The van der Waals surface area contributed by atoms with Crippen LogP contribution in [-0.2, 0) is 0 Å². The van der Waals surface area contributed by atoms with Gasteiger partial charge < -0.3 is 0 Å². The molecule has 0 rings (SSSR count). The van der Waals surface area contributed by atoms with Gasteiger partial charge in [0.15, 0.2) is 0 Å². The topological polar surface area (TPSA) is 0 Å². The highest BCUT2D eigenvalue weighted by molar-refractivity contribution is 7.80. The highest BCUT2D eigenvalue weighted by atomic mass is 32.1. The highest BCUT2D eigenvalue weighted by Crippen LogP contribution is 2.05. The van der Waals surface area contributed by atoms with Crippen molar-refractivity contribution in [3.05, 3.63) is 0 Å². The number of rotatable bonds is 3. The molecule has 0 aliphatic rings. The summed E-state index contributed by atoms with van der Waals surface area (Å²) in [6.07, 6.45) is 2.56. The first-order valence-electron chi connectivity index (χ1n) is 3.92. The summed E-state index contributed by atoms with van der Waals surface area (Å²) in [7, 11) is 0. The van der Waals surface area contributed by atoms with Crippen LogP contribution in [0.5, 0.6) is 0 Å². The molecule has 0 amide bonds. The summed E-state index contributed by atoms with van der Waals surface area (Å²) in [5, 5.41) is 0. The molecule has 9 heavy (non-hydrogen) atoms. The average Bonchev–Trinajstić information content (AvgIpc) is 1.93. The summed E-state index contributed by atoms with van der Waals surface area (Å²) >= 11 is 4.11. The maximum absolute atomic E-state index is 4.11. The first-order valence-corrected chi connectivity index (χ1v) is 4.55. The molecular weight excluding hydrogens is 128 g/mol. The first-order chi connectivity index (χ1) is 4.31. The lowest BCUT2D eigenvalue weighted by molar-refractivity contribution is 0.549. The van der Waals surface area contributed by atoms with Crippen molar-refractivity contribution < 1.29 is 0 Å². The Bertz CT molecular complexity index is 35.5. The van der Waals surface area contributed by atoms with Gasteiger partial charge in [-0.2, -0.15) is 12.6 Å². The normalized spacial score (nSPS) is 11.7. The number of hydrogen-bond acceptors (Lipinski definition) is 1. The van der Waals surface area contributed by atoms with E-state index in [4.69, 9.17) is 0 Å². The van der Waals surface area contributed by atoms with E-state index in [0.717, 1.165) is 11.7 Å². The molecule has 1 atom stereocenters. The van der Waals surface area contributed by atoms with E-state index < -0.39 is 0 Å². The van der Waals surface area contributed by atoms with Gasteiger partial charge >= 0.3 is 0 Å². The van der Waals surface area contributed by atoms with E-state index in [0.29, 0.717) is 0 Å². The van der Waals surface area contributed by atoms with E-state index in [-0.39, 0.29) is 0 Å². The standard InChI is InChI=1S/C6H14S.C2H6/c1-3-6(2)4-5-7;1-2/h6-7H,3-5H2,1-2H3;1-2H3. The predicted octanol–water partition coefficient (Wildman–Crippen LogP) is 3.38. The van der Waals surface area contributed by atoms with Crippen molar-refractivity contribution in [1.29, 1.82) is 0 Å². The molecule has 0 aliphatic carbocycles. The van der Waals surface area contributed by atoms with Crippen molar-refractivity contribution in [2.24, 2.45) is 5.92 Å². The van der Waals surface area contributed by atoms with Gasteiger partial charge in [-0.05, 0) is 18.1 Å². The maximum atomic E-state index is 4.11. The van der Waals surface area contributed by atoms with Crippen LogP contribution in [0.1, 0.15) is 40.5 Å². The molecule has 0 aromatic rings. The molecule has 0 heterocycles. The van der Waals surface area contributed by atoms with Crippen LogP contribution >= 0.6 is 12.6 Å². The van der Waals surface area contributed by atoms with Crippen LogP contribution in [0.4, 0.5) is 0 Å². The third kappa shape index (κ3) is 11.8. The molecule has 0 aromatic carbocycles. The van der Waals surface area contributed by atoms with Crippen LogP contribution in [0.25, 0.3) is 0 Å². The Morgan fingerprint density at radius 1 is 1.33 bits per heavy atom. The molecule has 0 aromatic heterocycles. The predicted molar refractivity (Wildman–Crippen MR) is 49.3 cm³/mol. The van der Waals surface area contributed by atoms with Crippen LogP contribution in [0.3, 0.4) is 0 Å². The van der Waals surface area contributed by atoms with Gasteiger partial charge in [0.25, 0.3) is 0 Å². The summed E-state index contributed by atoms with van der Waals surface area (Å²) in [6.45, 7) is 8.48. The van der Waals surface area contributed by atoms with E-state index in [2.05, 4.69) is 26.5 Å². The summed E-state index contributed by atoms with van der Waals surface area (Å²) < 4.78 is 0. The molecule has 0 nitrogen and oxygen atoms in total. The van der Waals surface area contributed by atoms with Crippen molar-refractivity contribution in [2.45, 2.75) is 40.5 Å². The van der Waals surface area contributed by atoms with E-state index >= 15 is 0 Å². The smallest absolute Gasteiger partial charge is 0.00954 e. The maximum Gasteiger partial charge on any atom is -0.00954 e. The number of thiol groups is 1. The minimum atomic E-state index is 0.873. The Hall–Kier alpha value is 0.350. The van der Waals surface area contributed by atoms with Gasteiger partial charge in [-0.15, -0.1) is 0 Å². The molecule has 0 bridgehead atoms. The summed E-state index contributed by atoms with van der Waals surface area (Å²) in [6, 6.07) is 0. The third-order valence-corrected chi connectivity index (χ3v) is 1.58. The second kappa shape index (κ2) is 11.2. The monoisotopic (exact) mass is 148 g/mol. The molecule has 0 saturated heterocycles. The fraction of sp³-hybridized carbons (Fsp3) is 1.00. The second-order valence-corrected chi connectivity index (χ2v) is 2.47. The zero-order valence-corrected chi connectivity index (χ0v) is 8.04. The Morgan fingerprint density at radius 3 is 1.89 bits per heavy atom. The molecule has 0 spiro atoms. The minimum Gasteiger partial charge on any atom is -0.179 e. The molecule has 0 radical (unpaired) electrons. The van der Waals surface area contributed by atoms with Crippen LogP contribution in [0, 0.1) is 5.92 Å². The van der Waals surface area contributed by atoms with Crippen LogP contribution < -0.4 is 0 Å². The van der Waals surface area contributed by atoms with Crippen molar-refractivity contribution in [1.82, 2.24) is 0 Å². The highest BCUT2D eigenvalue weighted by Gasteiger charge is 1.93. The molecule has 0 N–H and O–H groups in total. The fourth-order valence-electron chi connectivity index (χ4n) is 0.425. The van der Waals surface area contributed by atoms with Gasteiger partial charge in [0.05, 0.1) is 0 Å². The van der Waals surface area contributed by atoms with Gasteiger partial charge in [0, 0.05) is 0 Å². The van der Waals surface area contributed by atoms with Gasteiger partial charge in [0.1, 0.15) is 0 Å². The molecule has 1 heteroatoms. The minimum absolute atomic E-state index is 0.873. The summed E-state index contributed by atoms with van der Waals surface area (Å²) in [5.74, 6) is 1.91. The molecule has 58 valence electrons. The first kappa shape index (κ1) is 12.1. The SMILES string of the molecule is CC.CCC(C)CCS. The lowest BCUT2D eigenvalue weighted by Gasteiger charge is -2.02. The molecule has 0 saturated carbocycles. The van der Waals surface area contributed by atoms with Crippen LogP contribution in [0.15, 0.2) is 0 Å².